The van der Waals surface area contributed by atoms with Crippen LogP contribution < -0.4 is 21.3 Å². The van der Waals surface area contributed by atoms with Crippen molar-refractivity contribution < 1.29 is 19.4 Å². The van der Waals surface area contributed by atoms with Gasteiger partial charge in [-0.15, -0.1) is 0 Å². The second kappa shape index (κ2) is 10.2. The number of fused-ring (bicyclic) bond motifs is 1. The van der Waals surface area contributed by atoms with Gasteiger partial charge in [0.1, 0.15) is 5.82 Å². The van der Waals surface area contributed by atoms with Crippen LogP contribution in [-0.2, 0) is 11.3 Å². The molecule has 4 rings (SSSR count). The van der Waals surface area contributed by atoms with Crippen LogP contribution in [-0.4, -0.2) is 71.0 Å². The molecule has 0 saturated carbocycles. The number of morpholine rings is 1. The standard InChI is InChI=1S/C23H31N7O4/c1-3-18-19-17(12-30(18)23(32)33)27-20(28-21(19)29-10-11-34-13-14(29)2)15-4-6-16(7-5-15)26-22(31)25-9-8-24/h4-7,14,18H,3,8-13,24H2,1-2H3,(H,32,33)(H2,25,26,31)/t14?,18-/m0/s1. The summed E-state index contributed by atoms with van der Waals surface area (Å²) < 4.78 is 5.61. The summed E-state index contributed by atoms with van der Waals surface area (Å²) >= 11 is 0. The molecule has 34 heavy (non-hydrogen) atoms. The number of ether oxygens (including phenoxy) is 1. The number of benzene rings is 1. The van der Waals surface area contributed by atoms with E-state index in [1.54, 1.807) is 12.1 Å². The highest BCUT2D eigenvalue weighted by Gasteiger charge is 2.39. The monoisotopic (exact) mass is 469 g/mol. The molecule has 0 spiro atoms. The Morgan fingerprint density at radius 2 is 2.03 bits per heavy atom. The number of anilines is 2. The number of nitrogens with zero attached hydrogens (tertiary/aromatic N) is 4. The molecule has 2 aliphatic heterocycles. The first kappa shape index (κ1) is 23.7. The van der Waals surface area contributed by atoms with Gasteiger partial charge in [-0.1, -0.05) is 6.92 Å². The summed E-state index contributed by atoms with van der Waals surface area (Å²) in [5.74, 6) is 1.29. The molecule has 1 aromatic carbocycles. The molecule has 0 aliphatic carbocycles. The Balaban J connectivity index is 1.69. The van der Waals surface area contributed by atoms with Crippen LogP contribution >= 0.6 is 0 Å². The summed E-state index contributed by atoms with van der Waals surface area (Å²) in [6.07, 6.45) is -0.323. The molecule has 1 unspecified atom stereocenters. The highest BCUT2D eigenvalue weighted by atomic mass is 16.5. The highest BCUT2D eigenvalue weighted by Crippen LogP contribution is 2.42. The maximum absolute atomic E-state index is 11.9. The Hall–Kier alpha value is -3.44. The third-order valence-electron chi connectivity index (χ3n) is 6.14. The quantitative estimate of drug-likeness (QED) is 0.504. The van der Waals surface area contributed by atoms with E-state index in [0.29, 0.717) is 50.8 Å². The van der Waals surface area contributed by atoms with Crippen molar-refractivity contribution >= 4 is 23.6 Å². The molecule has 11 heteroatoms. The minimum absolute atomic E-state index is 0.107. The van der Waals surface area contributed by atoms with Gasteiger partial charge in [-0.2, -0.15) is 0 Å². The number of urea groups is 1. The Morgan fingerprint density at radius 1 is 1.26 bits per heavy atom. The smallest absolute Gasteiger partial charge is 0.408 e. The Bertz CT molecular complexity index is 1050. The zero-order valence-electron chi connectivity index (χ0n) is 19.5. The van der Waals surface area contributed by atoms with Crippen LogP contribution in [0, 0.1) is 0 Å². The van der Waals surface area contributed by atoms with E-state index in [4.69, 9.17) is 20.4 Å². The topological polar surface area (TPSA) is 146 Å². The normalized spacial score (nSPS) is 19.6. The second-order valence-corrected chi connectivity index (χ2v) is 8.43. The molecule has 2 atom stereocenters. The SMILES string of the molecule is CC[C@H]1c2c(nc(-c3ccc(NC(=O)NCCN)cc3)nc2N2CCOCC2C)CN1C(=O)O. The van der Waals surface area contributed by atoms with Crippen molar-refractivity contribution in [3.05, 3.63) is 35.5 Å². The molecular weight excluding hydrogens is 438 g/mol. The minimum atomic E-state index is -0.962. The Morgan fingerprint density at radius 3 is 2.68 bits per heavy atom. The number of carbonyl (C=O) groups is 2. The average molecular weight is 470 g/mol. The van der Waals surface area contributed by atoms with Gasteiger partial charge >= 0.3 is 12.1 Å². The van der Waals surface area contributed by atoms with Gasteiger partial charge in [-0.25, -0.2) is 19.6 Å². The zero-order chi connectivity index (χ0) is 24.2. The van der Waals surface area contributed by atoms with Crippen molar-refractivity contribution in [3.63, 3.8) is 0 Å². The van der Waals surface area contributed by atoms with Crippen molar-refractivity contribution in [1.82, 2.24) is 20.2 Å². The van der Waals surface area contributed by atoms with Gasteiger partial charge in [-0.3, -0.25) is 4.90 Å². The van der Waals surface area contributed by atoms with Gasteiger partial charge in [0.25, 0.3) is 0 Å². The van der Waals surface area contributed by atoms with Crippen molar-refractivity contribution in [3.8, 4) is 11.4 Å². The van der Waals surface area contributed by atoms with E-state index in [2.05, 4.69) is 22.5 Å². The second-order valence-electron chi connectivity index (χ2n) is 8.43. The first-order chi connectivity index (χ1) is 16.4. The van der Waals surface area contributed by atoms with Crippen molar-refractivity contribution in [2.45, 2.75) is 38.9 Å². The lowest BCUT2D eigenvalue weighted by Crippen LogP contribution is -2.45. The fraction of sp³-hybridized carbons (Fsp3) is 0.478. The number of aromatic nitrogens is 2. The lowest BCUT2D eigenvalue weighted by atomic mass is 10.0. The molecular formula is C23H31N7O4. The molecule has 3 heterocycles. The molecule has 0 bridgehead atoms. The lowest BCUT2D eigenvalue weighted by Gasteiger charge is -2.36. The van der Waals surface area contributed by atoms with Crippen molar-refractivity contribution in [2.24, 2.45) is 5.73 Å². The summed E-state index contributed by atoms with van der Waals surface area (Å²) in [5.41, 5.74) is 8.43. The molecule has 2 aliphatic rings. The number of rotatable bonds is 6. The van der Waals surface area contributed by atoms with Crippen LogP contribution in [0.1, 0.15) is 37.6 Å². The number of nitrogens with one attached hydrogen (secondary N) is 2. The third kappa shape index (κ3) is 4.75. The van der Waals surface area contributed by atoms with Gasteiger partial charge in [0.05, 0.1) is 37.5 Å². The van der Waals surface area contributed by atoms with Crippen LogP contribution in [0.25, 0.3) is 11.4 Å². The number of amides is 3. The van der Waals surface area contributed by atoms with E-state index in [-0.39, 0.29) is 24.7 Å². The molecule has 182 valence electrons. The van der Waals surface area contributed by atoms with Crippen LogP contribution in [0.4, 0.5) is 21.1 Å². The zero-order valence-corrected chi connectivity index (χ0v) is 19.5. The van der Waals surface area contributed by atoms with E-state index in [0.717, 1.165) is 22.6 Å². The number of hydrogen-bond donors (Lipinski definition) is 4. The Kier molecular flexibility index (Phi) is 7.13. The lowest BCUT2D eigenvalue weighted by molar-refractivity contribution is 0.0981. The van der Waals surface area contributed by atoms with Crippen molar-refractivity contribution in [2.75, 3.05) is 43.1 Å². The summed E-state index contributed by atoms with van der Waals surface area (Å²) in [4.78, 5) is 37.2. The molecule has 1 saturated heterocycles. The van der Waals surface area contributed by atoms with Crippen LogP contribution in [0.15, 0.2) is 24.3 Å². The molecule has 11 nitrogen and oxygen atoms in total. The first-order valence-corrected chi connectivity index (χ1v) is 11.5. The van der Waals surface area contributed by atoms with Gasteiger partial charge in [0.15, 0.2) is 5.82 Å². The molecule has 2 aromatic rings. The van der Waals surface area contributed by atoms with Gasteiger partial charge in [0, 0.05) is 36.4 Å². The molecule has 1 aromatic heterocycles. The van der Waals surface area contributed by atoms with E-state index in [1.165, 1.54) is 4.90 Å². The van der Waals surface area contributed by atoms with E-state index in [9.17, 15) is 14.7 Å². The fourth-order valence-electron chi connectivity index (χ4n) is 4.47. The maximum Gasteiger partial charge on any atom is 0.408 e. The van der Waals surface area contributed by atoms with Crippen LogP contribution in [0.5, 0.6) is 0 Å². The van der Waals surface area contributed by atoms with Crippen LogP contribution in [0.2, 0.25) is 0 Å². The highest BCUT2D eigenvalue weighted by molar-refractivity contribution is 5.89. The summed E-state index contributed by atoms with van der Waals surface area (Å²) in [6.45, 7) is 6.89. The molecule has 3 amide bonds. The van der Waals surface area contributed by atoms with E-state index >= 15 is 0 Å². The first-order valence-electron chi connectivity index (χ1n) is 11.5. The summed E-state index contributed by atoms with van der Waals surface area (Å²) in [6, 6.07) is 6.74. The average Bonchev–Trinajstić information content (AvgIpc) is 3.22. The van der Waals surface area contributed by atoms with Gasteiger partial charge in [-0.05, 0) is 37.6 Å². The molecule has 1 fully saturated rings. The van der Waals surface area contributed by atoms with E-state index in [1.807, 2.05) is 19.1 Å². The molecule has 0 radical (unpaired) electrons. The number of nitrogens with two attached hydrogens (primary N) is 1. The fourth-order valence-corrected chi connectivity index (χ4v) is 4.47. The van der Waals surface area contributed by atoms with Crippen LogP contribution in [0.3, 0.4) is 0 Å². The number of carbonyl (C=O) groups excluding carboxylic acids is 1. The number of hydrogen-bond acceptors (Lipinski definition) is 7. The van der Waals surface area contributed by atoms with Gasteiger partial charge in [0.2, 0.25) is 0 Å². The maximum atomic E-state index is 11.9. The van der Waals surface area contributed by atoms with Crippen molar-refractivity contribution in [1.29, 1.82) is 0 Å². The predicted octanol–water partition coefficient (Wildman–Crippen LogP) is 2.39. The summed E-state index contributed by atoms with van der Waals surface area (Å²) in [5, 5.41) is 15.2. The third-order valence-corrected chi connectivity index (χ3v) is 6.14. The summed E-state index contributed by atoms with van der Waals surface area (Å²) in [7, 11) is 0. The molecule has 5 N–H and O–H groups in total. The number of carboxylic acid groups (broad SMARTS) is 1. The predicted molar refractivity (Wildman–Crippen MR) is 128 cm³/mol. The largest absolute Gasteiger partial charge is 0.465 e. The minimum Gasteiger partial charge on any atom is -0.465 e. The van der Waals surface area contributed by atoms with Gasteiger partial charge < -0.3 is 31.1 Å². The Labute approximate surface area is 198 Å². The van der Waals surface area contributed by atoms with E-state index < -0.39 is 6.09 Å².